The molecule has 0 unspecified atom stereocenters. The Balaban J connectivity index is 1.37. The second-order valence-electron chi connectivity index (χ2n) is 5.68. The van der Waals surface area contributed by atoms with Crippen LogP contribution in [0.25, 0.3) is 10.2 Å². The van der Waals surface area contributed by atoms with Crippen molar-refractivity contribution in [2.45, 2.75) is 10.5 Å². The van der Waals surface area contributed by atoms with Crippen LogP contribution in [0.2, 0.25) is 0 Å². The summed E-state index contributed by atoms with van der Waals surface area (Å²) in [5.41, 5.74) is 0.132. The highest BCUT2D eigenvalue weighted by atomic mass is 32.2. The maximum Gasteiger partial charge on any atom is 0.416 e. The van der Waals surface area contributed by atoms with Crippen molar-refractivity contribution in [3.63, 3.8) is 0 Å². The zero-order chi connectivity index (χ0) is 20.7. The monoisotopic (exact) mass is 436 g/mol. The van der Waals surface area contributed by atoms with E-state index in [2.05, 4.69) is 22.1 Å². The number of nitrogens with one attached hydrogen (secondary N) is 1. The van der Waals surface area contributed by atoms with Crippen molar-refractivity contribution in [2.24, 2.45) is 0 Å². The number of ether oxygens (including phenoxy) is 1. The molecule has 2 aromatic carbocycles. The molecule has 0 fully saturated rings. The molecule has 0 aliphatic heterocycles. The van der Waals surface area contributed by atoms with Crippen LogP contribution in [0, 0.1) is 11.8 Å². The summed E-state index contributed by atoms with van der Waals surface area (Å²) in [7, 11) is 0. The number of benzene rings is 2. The summed E-state index contributed by atoms with van der Waals surface area (Å²) in [5.74, 6) is 5.49. The van der Waals surface area contributed by atoms with E-state index in [1.165, 1.54) is 35.2 Å². The van der Waals surface area contributed by atoms with Crippen LogP contribution in [0.5, 0.6) is 5.75 Å². The molecule has 3 aromatic rings. The van der Waals surface area contributed by atoms with Gasteiger partial charge < -0.3 is 10.1 Å². The molecular formula is C20H15F3N2O2S2. The maximum absolute atomic E-state index is 12.6. The normalized spacial score (nSPS) is 11.0. The Labute approximate surface area is 173 Å². The number of halogens is 3. The lowest BCUT2D eigenvalue weighted by Crippen LogP contribution is -2.25. The number of fused-ring (bicyclic) bond motifs is 1. The zero-order valence-electron chi connectivity index (χ0n) is 15.0. The first-order valence-corrected chi connectivity index (χ1v) is 10.2. The first kappa shape index (κ1) is 21.0. The van der Waals surface area contributed by atoms with Gasteiger partial charge >= 0.3 is 6.18 Å². The fraction of sp³-hybridized carbons (Fsp3) is 0.200. The molecule has 0 spiro atoms. The Morgan fingerprint density at radius 3 is 2.79 bits per heavy atom. The van der Waals surface area contributed by atoms with Gasteiger partial charge in [0.15, 0.2) is 4.34 Å². The number of hydrogen-bond donors (Lipinski definition) is 1. The number of thiazole rings is 1. The Bertz CT molecular complexity index is 1020. The lowest BCUT2D eigenvalue weighted by molar-refractivity contribution is -0.137. The van der Waals surface area contributed by atoms with Gasteiger partial charge in [-0.05, 0) is 30.3 Å². The molecule has 3 rings (SSSR count). The number of carbonyl (C=O) groups is 1. The Hall–Kier alpha value is -2.70. The second-order valence-corrected chi connectivity index (χ2v) is 7.93. The molecule has 1 heterocycles. The minimum Gasteiger partial charge on any atom is -0.481 e. The van der Waals surface area contributed by atoms with Crippen molar-refractivity contribution in [1.29, 1.82) is 0 Å². The molecule has 0 saturated heterocycles. The maximum atomic E-state index is 12.6. The van der Waals surface area contributed by atoms with Crippen molar-refractivity contribution in [2.75, 3.05) is 18.9 Å². The second kappa shape index (κ2) is 9.67. The van der Waals surface area contributed by atoms with Gasteiger partial charge in [0.2, 0.25) is 5.91 Å². The first-order chi connectivity index (χ1) is 13.9. The lowest BCUT2D eigenvalue weighted by Gasteiger charge is -2.08. The summed E-state index contributed by atoms with van der Waals surface area (Å²) in [6.07, 6.45) is -4.42. The number of nitrogens with zero attached hydrogens (tertiary/aromatic N) is 1. The predicted molar refractivity (Wildman–Crippen MR) is 108 cm³/mol. The van der Waals surface area contributed by atoms with E-state index in [1.54, 1.807) is 0 Å². The fourth-order valence-electron chi connectivity index (χ4n) is 2.23. The summed E-state index contributed by atoms with van der Waals surface area (Å²) in [6, 6.07) is 12.4. The number of hydrogen-bond acceptors (Lipinski definition) is 5. The molecule has 0 aliphatic carbocycles. The van der Waals surface area contributed by atoms with Crippen LogP contribution in [-0.2, 0) is 11.0 Å². The van der Waals surface area contributed by atoms with Crippen LogP contribution >= 0.6 is 23.1 Å². The van der Waals surface area contributed by atoms with Crippen molar-refractivity contribution in [3.8, 4) is 17.6 Å². The third-order valence-corrected chi connectivity index (χ3v) is 5.75. The quantitative estimate of drug-likeness (QED) is 0.453. The SMILES string of the molecule is O=C(CSc1nc2ccccc2s1)NCC#CCOc1cccc(C(F)(F)F)c1. The summed E-state index contributed by atoms with van der Waals surface area (Å²) in [6.45, 7) is 0.0584. The molecule has 9 heteroatoms. The summed E-state index contributed by atoms with van der Waals surface area (Å²) in [5, 5.41) is 2.65. The molecule has 4 nitrogen and oxygen atoms in total. The van der Waals surface area contributed by atoms with Crippen LogP contribution in [0.4, 0.5) is 13.2 Å². The molecule has 0 saturated carbocycles. The molecule has 1 N–H and O–H groups in total. The van der Waals surface area contributed by atoms with Gasteiger partial charge in [-0.3, -0.25) is 4.79 Å². The van der Waals surface area contributed by atoms with Crippen LogP contribution in [0.1, 0.15) is 5.56 Å². The minimum atomic E-state index is -4.42. The van der Waals surface area contributed by atoms with E-state index in [1.807, 2.05) is 24.3 Å². The largest absolute Gasteiger partial charge is 0.481 e. The summed E-state index contributed by atoms with van der Waals surface area (Å²) in [4.78, 5) is 16.3. The van der Waals surface area contributed by atoms with E-state index in [-0.39, 0.29) is 30.6 Å². The smallest absolute Gasteiger partial charge is 0.416 e. The van der Waals surface area contributed by atoms with Gasteiger partial charge in [-0.1, -0.05) is 41.8 Å². The minimum absolute atomic E-state index is 0.0718. The van der Waals surface area contributed by atoms with E-state index < -0.39 is 11.7 Å². The number of carbonyl (C=O) groups excluding carboxylic acids is 1. The molecule has 1 amide bonds. The molecule has 1 aromatic heterocycles. The molecule has 0 atom stereocenters. The van der Waals surface area contributed by atoms with Gasteiger partial charge in [0.25, 0.3) is 0 Å². The standard InChI is InChI=1S/C20H15F3N2O2S2/c21-20(22,23)14-6-5-7-15(12-14)27-11-4-3-10-24-18(26)13-28-19-25-16-8-1-2-9-17(16)29-19/h1-2,5-9,12H,10-11,13H2,(H,24,26). The van der Waals surface area contributed by atoms with Gasteiger partial charge in [-0.2, -0.15) is 13.2 Å². The van der Waals surface area contributed by atoms with Crippen LogP contribution in [0.3, 0.4) is 0 Å². The molecule has 29 heavy (non-hydrogen) atoms. The van der Waals surface area contributed by atoms with Crippen LogP contribution in [-0.4, -0.2) is 29.8 Å². The molecule has 150 valence electrons. The van der Waals surface area contributed by atoms with Crippen LogP contribution < -0.4 is 10.1 Å². The number of aromatic nitrogens is 1. The van der Waals surface area contributed by atoms with E-state index in [0.717, 1.165) is 26.7 Å². The van der Waals surface area contributed by atoms with Gasteiger partial charge in [0.05, 0.1) is 28.1 Å². The van der Waals surface area contributed by atoms with Gasteiger partial charge in [0, 0.05) is 0 Å². The zero-order valence-corrected chi connectivity index (χ0v) is 16.6. The van der Waals surface area contributed by atoms with Gasteiger partial charge in [0.1, 0.15) is 12.4 Å². The Morgan fingerprint density at radius 1 is 1.17 bits per heavy atom. The molecule has 0 radical (unpaired) electrons. The Morgan fingerprint density at radius 2 is 2.00 bits per heavy atom. The topological polar surface area (TPSA) is 51.2 Å². The van der Waals surface area contributed by atoms with Crippen molar-refractivity contribution < 1.29 is 22.7 Å². The van der Waals surface area contributed by atoms with Crippen LogP contribution in [0.15, 0.2) is 52.9 Å². The average Bonchev–Trinajstić information content (AvgIpc) is 3.11. The highest BCUT2D eigenvalue weighted by Crippen LogP contribution is 2.31. The number of rotatable bonds is 6. The van der Waals surface area contributed by atoms with Crippen molar-refractivity contribution in [3.05, 3.63) is 54.1 Å². The Kier molecular flexibility index (Phi) is 7.01. The van der Waals surface area contributed by atoms with E-state index in [0.29, 0.717) is 0 Å². The number of para-hydroxylation sites is 1. The van der Waals surface area contributed by atoms with Crippen molar-refractivity contribution in [1.82, 2.24) is 10.3 Å². The van der Waals surface area contributed by atoms with Gasteiger partial charge in [-0.15, -0.1) is 11.3 Å². The van der Waals surface area contributed by atoms with E-state index in [9.17, 15) is 18.0 Å². The van der Waals surface area contributed by atoms with E-state index in [4.69, 9.17) is 4.74 Å². The first-order valence-electron chi connectivity index (χ1n) is 8.43. The lowest BCUT2D eigenvalue weighted by atomic mass is 10.2. The highest BCUT2D eigenvalue weighted by molar-refractivity contribution is 8.01. The van der Waals surface area contributed by atoms with Crippen molar-refractivity contribution >= 4 is 39.2 Å². The van der Waals surface area contributed by atoms with Gasteiger partial charge in [-0.25, -0.2) is 4.98 Å². The third-order valence-electron chi connectivity index (χ3n) is 3.57. The number of thioether (sulfide) groups is 1. The van der Waals surface area contributed by atoms with E-state index >= 15 is 0 Å². The fourth-order valence-corrected chi connectivity index (χ4v) is 4.13. The highest BCUT2D eigenvalue weighted by Gasteiger charge is 2.30. The third kappa shape index (κ3) is 6.41. The number of alkyl halides is 3. The molecule has 0 aliphatic rings. The predicted octanol–water partition coefficient (Wildman–Crippen LogP) is 4.61. The molecular weight excluding hydrogens is 421 g/mol. The molecule has 0 bridgehead atoms. The summed E-state index contributed by atoms with van der Waals surface area (Å²) < 4.78 is 45.0. The average molecular weight is 436 g/mol. The number of amides is 1. The summed E-state index contributed by atoms with van der Waals surface area (Å²) >= 11 is 2.89.